The van der Waals surface area contributed by atoms with Gasteiger partial charge in [-0.3, -0.25) is 4.68 Å². The Kier molecular flexibility index (Phi) is 3.26. The van der Waals surface area contributed by atoms with E-state index in [9.17, 15) is 0 Å². The summed E-state index contributed by atoms with van der Waals surface area (Å²) in [7, 11) is 1.80. The Morgan fingerprint density at radius 1 is 1.39 bits per heavy atom. The van der Waals surface area contributed by atoms with Crippen molar-refractivity contribution in [1.82, 2.24) is 9.78 Å². The van der Waals surface area contributed by atoms with Crippen molar-refractivity contribution >= 4 is 23.1 Å². The van der Waals surface area contributed by atoms with Gasteiger partial charge in [0.25, 0.3) is 0 Å². The Labute approximate surface area is 111 Å². The van der Waals surface area contributed by atoms with Gasteiger partial charge in [0.1, 0.15) is 17.5 Å². The molecule has 0 unspecified atom stereocenters. The van der Waals surface area contributed by atoms with E-state index in [0.29, 0.717) is 22.1 Å². The van der Waals surface area contributed by atoms with Crippen LogP contribution in [0, 0.1) is 25.2 Å². The summed E-state index contributed by atoms with van der Waals surface area (Å²) < 4.78 is 1.65. The van der Waals surface area contributed by atoms with Crippen LogP contribution < -0.4 is 5.32 Å². The molecule has 0 aliphatic heterocycles. The van der Waals surface area contributed by atoms with Crippen LogP contribution in [0.15, 0.2) is 18.2 Å². The van der Waals surface area contributed by atoms with E-state index < -0.39 is 0 Å². The highest BCUT2D eigenvalue weighted by Crippen LogP contribution is 2.25. The molecule has 0 aliphatic rings. The van der Waals surface area contributed by atoms with E-state index in [4.69, 9.17) is 16.9 Å². The molecule has 0 spiro atoms. The van der Waals surface area contributed by atoms with Crippen molar-refractivity contribution in [3.63, 3.8) is 0 Å². The minimum absolute atomic E-state index is 0.550. The second-order valence-corrected chi connectivity index (χ2v) is 4.54. The zero-order valence-electron chi connectivity index (χ0n) is 10.5. The van der Waals surface area contributed by atoms with Crippen LogP contribution in [0.4, 0.5) is 11.5 Å². The molecular formula is C13H13ClN4. The number of anilines is 2. The number of aryl methyl sites for hydroxylation is 3. The predicted molar refractivity (Wildman–Crippen MR) is 72.1 cm³/mol. The maximum absolute atomic E-state index is 9.12. The van der Waals surface area contributed by atoms with Gasteiger partial charge in [-0.15, -0.1) is 0 Å². The smallest absolute Gasteiger partial charge is 0.146 e. The first kappa shape index (κ1) is 12.5. The van der Waals surface area contributed by atoms with Crippen molar-refractivity contribution in [2.75, 3.05) is 5.32 Å². The average molecular weight is 261 g/mol. The number of aromatic nitrogens is 2. The first-order valence-corrected chi connectivity index (χ1v) is 5.87. The normalized spacial score (nSPS) is 10.2. The van der Waals surface area contributed by atoms with Crippen LogP contribution in [0.3, 0.4) is 0 Å². The van der Waals surface area contributed by atoms with Crippen LogP contribution in [-0.4, -0.2) is 9.78 Å². The minimum atomic E-state index is 0.550. The molecule has 2 rings (SSSR count). The van der Waals surface area contributed by atoms with Crippen molar-refractivity contribution < 1.29 is 0 Å². The Morgan fingerprint density at radius 2 is 2.11 bits per heavy atom. The van der Waals surface area contributed by atoms with Crippen LogP contribution in [0.25, 0.3) is 0 Å². The molecule has 5 heteroatoms. The van der Waals surface area contributed by atoms with E-state index in [0.717, 1.165) is 11.3 Å². The van der Waals surface area contributed by atoms with E-state index in [1.165, 1.54) is 0 Å². The molecular weight excluding hydrogens is 248 g/mol. The lowest BCUT2D eigenvalue weighted by Crippen LogP contribution is -2.00. The molecule has 1 aromatic carbocycles. The Morgan fingerprint density at radius 3 is 2.72 bits per heavy atom. The summed E-state index contributed by atoms with van der Waals surface area (Å²) in [6, 6.07) is 7.84. The van der Waals surface area contributed by atoms with Gasteiger partial charge in [-0.25, -0.2) is 0 Å². The highest BCUT2D eigenvalue weighted by molar-refractivity contribution is 6.31. The summed E-state index contributed by atoms with van der Waals surface area (Å²) in [4.78, 5) is 0. The molecule has 0 amide bonds. The lowest BCUT2D eigenvalue weighted by Gasteiger charge is -2.08. The number of benzene rings is 1. The quantitative estimate of drug-likeness (QED) is 0.901. The number of nitrogens with one attached hydrogen (secondary N) is 1. The molecule has 1 aromatic heterocycles. The van der Waals surface area contributed by atoms with E-state index in [1.807, 2.05) is 32.0 Å². The summed E-state index contributed by atoms with van der Waals surface area (Å²) in [6.45, 7) is 3.76. The molecule has 0 saturated heterocycles. The fourth-order valence-electron chi connectivity index (χ4n) is 1.74. The van der Waals surface area contributed by atoms with Crippen molar-refractivity contribution in [3.8, 4) is 6.07 Å². The number of hydrogen-bond acceptors (Lipinski definition) is 3. The van der Waals surface area contributed by atoms with Gasteiger partial charge in [0.15, 0.2) is 0 Å². The van der Waals surface area contributed by atoms with Crippen LogP contribution in [0.5, 0.6) is 0 Å². The summed E-state index contributed by atoms with van der Waals surface area (Å²) >= 11 is 6.07. The predicted octanol–water partition coefficient (Wildman–Crippen LogP) is 3.31. The Bertz CT molecular complexity index is 637. The molecule has 92 valence electrons. The molecule has 0 bridgehead atoms. The first-order chi connectivity index (χ1) is 8.52. The van der Waals surface area contributed by atoms with Crippen LogP contribution in [0.2, 0.25) is 5.02 Å². The molecule has 0 saturated carbocycles. The Hall–Kier alpha value is -1.99. The van der Waals surface area contributed by atoms with Gasteiger partial charge in [0, 0.05) is 17.8 Å². The maximum atomic E-state index is 9.12. The van der Waals surface area contributed by atoms with Gasteiger partial charge in [0.2, 0.25) is 0 Å². The summed E-state index contributed by atoms with van der Waals surface area (Å²) in [5.41, 5.74) is 3.11. The van der Waals surface area contributed by atoms with E-state index in [1.54, 1.807) is 11.7 Å². The lowest BCUT2D eigenvalue weighted by molar-refractivity contribution is 0.765. The largest absolute Gasteiger partial charge is 0.339 e. The molecule has 2 aromatic rings. The van der Waals surface area contributed by atoms with Gasteiger partial charge in [0.05, 0.1) is 5.69 Å². The topological polar surface area (TPSA) is 53.6 Å². The molecule has 0 aliphatic carbocycles. The highest BCUT2D eigenvalue weighted by atomic mass is 35.5. The molecule has 0 fully saturated rings. The van der Waals surface area contributed by atoms with E-state index in [2.05, 4.69) is 16.5 Å². The number of halogens is 1. The van der Waals surface area contributed by atoms with Gasteiger partial charge in [-0.05, 0) is 31.5 Å². The fraction of sp³-hybridized carbons (Fsp3) is 0.231. The number of hydrogen-bond donors (Lipinski definition) is 1. The third-order valence-electron chi connectivity index (χ3n) is 2.77. The van der Waals surface area contributed by atoms with Gasteiger partial charge < -0.3 is 5.32 Å². The summed E-state index contributed by atoms with van der Waals surface area (Å²) in [5.74, 6) is 0.676. The van der Waals surface area contributed by atoms with Crippen LogP contribution >= 0.6 is 11.6 Å². The minimum Gasteiger partial charge on any atom is -0.339 e. The molecule has 4 nitrogen and oxygen atoms in total. The zero-order valence-corrected chi connectivity index (χ0v) is 11.2. The lowest BCUT2D eigenvalue weighted by atomic mass is 10.2. The zero-order chi connectivity index (χ0) is 13.3. The van der Waals surface area contributed by atoms with E-state index in [-0.39, 0.29) is 0 Å². The van der Waals surface area contributed by atoms with E-state index >= 15 is 0 Å². The summed E-state index contributed by atoms with van der Waals surface area (Å²) in [5, 5.41) is 17.2. The molecule has 0 atom stereocenters. The molecule has 18 heavy (non-hydrogen) atoms. The van der Waals surface area contributed by atoms with Gasteiger partial charge >= 0.3 is 0 Å². The van der Waals surface area contributed by atoms with Gasteiger partial charge in [-0.2, -0.15) is 10.4 Å². The number of rotatable bonds is 2. The van der Waals surface area contributed by atoms with Crippen molar-refractivity contribution in [2.24, 2.45) is 7.05 Å². The van der Waals surface area contributed by atoms with Crippen molar-refractivity contribution in [2.45, 2.75) is 13.8 Å². The number of nitriles is 1. The second-order valence-electron chi connectivity index (χ2n) is 4.13. The molecule has 1 N–H and O–H groups in total. The van der Waals surface area contributed by atoms with Crippen LogP contribution in [-0.2, 0) is 7.05 Å². The van der Waals surface area contributed by atoms with Gasteiger partial charge in [-0.1, -0.05) is 17.7 Å². The Balaban J connectivity index is 2.40. The second kappa shape index (κ2) is 4.71. The van der Waals surface area contributed by atoms with Crippen molar-refractivity contribution in [1.29, 1.82) is 5.26 Å². The average Bonchev–Trinajstić information content (AvgIpc) is 2.58. The highest BCUT2D eigenvalue weighted by Gasteiger charge is 2.13. The molecule has 0 radical (unpaired) electrons. The monoisotopic (exact) mass is 260 g/mol. The fourth-order valence-corrected chi connectivity index (χ4v) is 1.92. The third kappa shape index (κ3) is 2.18. The standard InChI is InChI=1S/C13H13ClN4/c1-8-4-5-10(6-12(8)14)16-13-11(7-15)9(2)17-18(13)3/h4-6,16H,1-3H3. The first-order valence-electron chi connectivity index (χ1n) is 5.50. The van der Waals surface area contributed by atoms with Crippen LogP contribution in [0.1, 0.15) is 16.8 Å². The number of nitrogens with zero attached hydrogens (tertiary/aromatic N) is 3. The maximum Gasteiger partial charge on any atom is 0.146 e. The summed E-state index contributed by atoms with van der Waals surface area (Å²) in [6.07, 6.45) is 0. The van der Waals surface area contributed by atoms with Crippen molar-refractivity contribution in [3.05, 3.63) is 40.0 Å². The SMILES string of the molecule is Cc1ccc(Nc2c(C#N)c(C)nn2C)cc1Cl. The molecule has 1 heterocycles. The third-order valence-corrected chi connectivity index (χ3v) is 3.18.